The first kappa shape index (κ1) is 17.2. The second kappa shape index (κ2) is 6.72. The Morgan fingerprint density at radius 1 is 1.00 bits per heavy atom. The highest BCUT2D eigenvalue weighted by Gasteiger charge is 2.36. The van der Waals surface area contributed by atoms with Crippen LogP contribution in [0.25, 0.3) is 10.9 Å². The fourth-order valence-electron chi connectivity index (χ4n) is 2.29. The van der Waals surface area contributed by atoms with Crippen molar-refractivity contribution in [1.29, 1.82) is 0 Å². The van der Waals surface area contributed by atoms with E-state index in [2.05, 4.69) is 9.97 Å². The second-order valence-corrected chi connectivity index (χ2v) is 6.27. The molecule has 0 aliphatic rings. The van der Waals surface area contributed by atoms with Crippen molar-refractivity contribution >= 4 is 28.6 Å². The summed E-state index contributed by atoms with van der Waals surface area (Å²) in [6.07, 6.45) is -4.69. The molecule has 1 amide bonds. The number of nitrogens with zero attached hydrogens (tertiary/aromatic N) is 2. The van der Waals surface area contributed by atoms with Gasteiger partial charge >= 0.3 is 6.18 Å². The first-order valence-electron chi connectivity index (χ1n) is 7.21. The highest BCUT2D eigenvalue weighted by Crippen LogP contribution is 2.39. The molecular formula is C17H12F3N3OS. The van der Waals surface area contributed by atoms with Gasteiger partial charge in [0.15, 0.2) is 0 Å². The van der Waals surface area contributed by atoms with E-state index in [9.17, 15) is 18.0 Å². The number of alkyl halides is 3. The van der Waals surface area contributed by atoms with Crippen LogP contribution >= 0.6 is 11.8 Å². The molecule has 2 N–H and O–H groups in total. The van der Waals surface area contributed by atoms with Gasteiger partial charge in [-0.25, -0.2) is 9.97 Å². The van der Waals surface area contributed by atoms with Crippen molar-refractivity contribution in [3.63, 3.8) is 0 Å². The molecule has 1 atom stereocenters. The number of primary amides is 1. The zero-order valence-electron chi connectivity index (χ0n) is 12.7. The predicted octanol–water partition coefficient (Wildman–Crippen LogP) is 3.97. The summed E-state index contributed by atoms with van der Waals surface area (Å²) in [5.74, 6) is -1.91. The van der Waals surface area contributed by atoms with Gasteiger partial charge in [-0.05, 0) is 11.6 Å². The minimum atomic E-state index is -4.69. The largest absolute Gasteiger partial charge is 0.451 e. The number of carbonyl (C=O) groups is 1. The number of halogens is 3. The lowest BCUT2D eigenvalue weighted by atomic mass is 10.1. The van der Waals surface area contributed by atoms with Gasteiger partial charge in [0.25, 0.3) is 0 Å². The quantitative estimate of drug-likeness (QED) is 0.563. The van der Waals surface area contributed by atoms with E-state index in [1.165, 1.54) is 6.07 Å². The van der Waals surface area contributed by atoms with E-state index in [0.29, 0.717) is 10.9 Å². The second-order valence-electron chi connectivity index (χ2n) is 5.18. The number of benzene rings is 2. The molecule has 1 heterocycles. The van der Waals surface area contributed by atoms with Crippen LogP contribution in [0.4, 0.5) is 13.2 Å². The van der Waals surface area contributed by atoms with E-state index in [1.807, 2.05) is 0 Å². The van der Waals surface area contributed by atoms with Gasteiger partial charge in [0, 0.05) is 5.39 Å². The summed E-state index contributed by atoms with van der Waals surface area (Å²) < 4.78 is 39.3. The van der Waals surface area contributed by atoms with Gasteiger partial charge in [0.1, 0.15) is 10.3 Å². The van der Waals surface area contributed by atoms with Crippen LogP contribution < -0.4 is 5.73 Å². The zero-order chi connectivity index (χ0) is 18.0. The van der Waals surface area contributed by atoms with E-state index in [-0.39, 0.29) is 10.5 Å². The molecule has 8 heteroatoms. The summed E-state index contributed by atoms with van der Waals surface area (Å²) >= 11 is 0.884. The van der Waals surface area contributed by atoms with Crippen LogP contribution in [0.2, 0.25) is 0 Å². The predicted molar refractivity (Wildman–Crippen MR) is 88.8 cm³/mol. The molecule has 0 fully saturated rings. The van der Waals surface area contributed by atoms with Crippen LogP contribution in [0.5, 0.6) is 0 Å². The molecule has 2 aromatic carbocycles. The van der Waals surface area contributed by atoms with Gasteiger partial charge in [0.05, 0.1) is 5.52 Å². The van der Waals surface area contributed by atoms with Crippen molar-refractivity contribution in [2.75, 3.05) is 0 Å². The Morgan fingerprint density at radius 2 is 1.64 bits per heavy atom. The van der Waals surface area contributed by atoms with Crippen molar-refractivity contribution in [1.82, 2.24) is 9.97 Å². The normalized spacial score (nSPS) is 12.9. The number of fused-ring (bicyclic) bond motifs is 1. The molecular weight excluding hydrogens is 351 g/mol. The first-order chi connectivity index (χ1) is 11.9. The highest BCUT2D eigenvalue weighted by molar-refractivity contribution is 8.00. The van der Waals surface area contributed by atoms with Crippen molar-refractivity contribution in [3.8, 4) is 0 Å². The van der Waals surface area contributed by atoms with E-state index in [0.717, 1.165) is 11.8 Å². The third-order valence-electron chi connectivity index (χ3n) is 3.41. The minimum Gasteiger partial charge on any atom is -0.368 e. The van der Waals surface area contributed by atoms with Crippen molar-refractivity contribution < 1.29 is 18.0 Å². The summed E-state index contributed by atoms with van der Waals surface area (Å²) in [5.41, 5.74) is 6.21. The molecule has 0 saturated heterocycles. The minimum absolute atomic E-state index is 0.0607. The number of amides is 1. The van der Waals surface area contributed by atoms with Gasteiger partial charge in [-0.15, -0.1) is 0 Å². The third-order valence-corrected chi connectivity index (χ3v) is 4.69. The Balaban J connectivity index is 2.12. The molecule has 4 nitrogen and oxygen atoms in total. The van der Waals surface area contributed by atoms with Crippen LogP contribution in [-0.2, 0) is 11.0 Å². The maximum Gasteiger partial charge on any atom is 0.451 e. The molecule has 3 rings (SSSR count). The summed E-state index contributed by atoms with van der Waals surface area (Å²) in [7, 11) is 0. The molecule has 0 saturated carbocycles. The lowest BCUT2D eigenvalue weighted by Crippen LogP contribution is -2.19. The molecule has 0 radical (unpaired) electrons. The number of carbonyl (C=O) groups excluding carboxylic acids is 1. The van der Waals surface area contributed by atoms with Crippen LogP contribution in [0.3, 0.4) is 0 Å². The molecule has 25 heavy (non-hydrogen) atoms. The maximum atomic E-state index is 13.1. The molecule has 0 aliphatic heterocycles. The Morgan fingerprint density at radius 3 is 2.28 bits per heavy atom. The van der Waals surface area contributed by atoms with E-state index >= 15 is 0 Å². The molecule has 0 spiro atoms. The number of nitrogens with two attached hydrogens (primary N) is 1. The number of thioether (sulfide) groups is 1. The first-order valence-corrected chi connectivity index (χ1v) is 8.09. The van der Waals surface area contributed by atoms with Crippen LogP contribution in [-0.4, -0.2) is 15.9 Å². The molecule has 0 unspecified atom stereocenters. The summed E-state index contributed by atoms with van der Waals surface area (Å²) in [5, 5.41) is -0.367. The molecule has 3 aromatic rings. The Labute approximate surface area is 145 Å². The fraction of sp³-hybridized carbons (Fsp3) is 0.118. The van der Waals surface area contributed by atoms with Crippen molar-refractivity contribution in [2.45, 2.75) is 16.5 Å². The van der Waals surface area contributed by atoms with E-state index in [4.69, 9.17) is 5.73 Å². The highest BCUT2D eigenvalue weighted by atomic mass is 32.2. The van der Waals surface area contributed by atoms with Gasteiger partial charge in [0.2, 0.25) is 11.7 Å². The maximum absolute atomic E-state index is 13.1. The summed E-state index contributed by atoms with van der Waals surface area (Å²) in [6, 6.07) is 15.0. The van der Waals surface area contributed by atoms with E-state index in [1.54, 1.807) is 48.5 Å². The SMILES string of the molecule is NC(=O)[C@H](Sc1nc(C(F)(F)F)nc2ccccc12)c1ccccc1. The molecule has 0 aliphatic carbocycles. The molecule has 128 valence electrons. The van der Waals surface area contributed by atoms with Crippen LogP contribution in [0, 0.1) is 0 Å². The van der Waals surface area contributed by atoms with Gasteiger partial charge in [-0.3, -0.25) is 4.79 Å². The fourth-order valence-corrected chi connectivity index (χ4v) is 3.37. The molecule has 0 bridgehead atoms. The monoisotopic (exact) mass is 363 g/mol. The number of hydrogen-bond donors (Lipinski definition) is 1. The topological polar surface area (TPSA) is 68.9 Å². The summed E-state index contributed by atoms with van der Waals surface area (Å²) in [4.78, 5) is 19.1. The van der Waals surface area contributed by atoms with Crippen LogP contribution in [0.15, 0.2) is 59.6 Å². The van der Waals surface area contributed by atoms with E-state index < -0.39 is 23.2 Å². The smallest absolute Gasteiger partial charge is 0.368 e. The number of rotatable bonds is 4. The Kier molecular flexibility index (Phi) is 4.63. The van der Waals surface area contributed by atoms with Crippen LogP contribution in [0.1, 0.15) is 16.6 Å². The standard InChI is InChI=1S/C17H12F3N3OS/c18-17(19,20)16-22-12-9-5-4-8-11(12)15(23-16)25-13(14(21)24)10-6-2-1-3-7-10/h1-9,13H,(H2,21,24)/t13-/m1/s1. The number of para-hydroxylation sites is 1. The van der Waals surface area contributed by atoms with Gasteiger partial charge < -0.3 is 5.73 Å². The molecule has 1 aromatic heterocycles. The van der Waals surface area contributed by atoms with Gasteiger partial charge in [-0.2, -0.15) is 13.2 Å². The number of aromatic nitrogens is 2. The average molecular weight is 363 g/mol. The lowest BCUT2D eigenvalue weighted by molar-refractivity contribution is -0.145. The Hall–Kier alpha value is -2.61. The van der Waals surface area contributed by atoms with Gasteiger partial charge in [-0.1, -0.05) is 60.3 Å². The average Bonchev–Trinajstić information content (AvgIpc) is 2.59. The number of hydrogen-bond acceptors (Lipinski definition) is 4. The third kappa shape index (κ3) is 3.74. The lowest BCUT2D eigenvalue weighted by Gasteiger charge is -2.15. The summed E-state index contributed by atoms with van der Waals surface area (Å²) in [6.45, 7) is 0. The zero-order valence-corrected chi connectivity index (χ0v) is 13.5. The Bertz CT molecular complexity index is 916. The van der Waals surface area contributed by atoms with Crippen molar-refractivity contribution in [2.24, 2.45) is 5.73 Å². The van der Waals surface area contributed by atoms with Crippen molar-refractivity contribution in [3.05, 3.63) is 66.0 Å².